The van der Waals surface area contributed by atoms with Crippen molar-refractivity contribution in [2.45, 2.75) is 38.7 Å². The molecule has 4 nitrogen and oxygen atoms in total. The molecule has 5 heteroatoms. The van der Waals surface area contributed by atoms with Gasteiger partial charge in [0.05, 0.1) is 11.1 Å². The highest BCUT2D eigenvalue weighted by Crippen LogP contribution is 2.35. The Hall–Kier alpha value is -1.42. The summed E-state index contributed by atoms with van der Waals surface area (Å²) in [6.45, 7) is 2.18. The maximum absolute atomic E-state index is 11.2. The molecule has 104 valence electrons. The Morgan fingerprint density at radius 3 is 2.84 bits per heavy atom. The van der Waals surface area contributed by atoms with Crippen molar-refractivity contribution in [2.75, 3.05) is 5.73 Å². The second-order valence-corrected chi connectivity index (χ2v) is 5.60. The van der Waals surface area contributed by atoms with Crippen LogP contribution in [-0.2, 0) is 0 Å². The fraction of sp³-hybridized carbons (Fsp3) is 0.500. The molecule has 0 aromatic heterocycles. The highest BCUT2D eigenvalue weighted by atomic mass is 35.5. The number of hydrogen-bond acceptors (Lipinski definition) is 3. The van der Waals surface area contributed by atoms with Crippen molar-refractivity contribution < 1.29 is 14.6 Å². The molecule has 0 aliphatic heterocycles. The zero-order valence-electron chi connectivity index (χ0n) is 10.9. The van der Waals surface area contributed by atoms with Crippen molar-refractivity contribution in [3.63, 3.8) is 0 Å². The van der Waals surface area contributed by atoms with Crippen LogP contribution in [0.4, 0.5) is 5.69 Å². The van der Waals surface area contributed by atoms with Crippen LogP contribution in [0.25, 0.3) is 0 Å². The number of aromatic carboxylic acids is 1. The fourth-order valence-electron chi connectivity index (χ4n) is 2.55. The number of nitrogen functional groups attached to an aromatic ring is 1. The van der Waals surface area contributed by atoms with Crippen molar-refractivity contribution in [3.8, 4) is 5.75 Å². The number of ether oxygens (including phenoxy) is 1. The number of benzene rings is 1. The van der Waals surface area contributed by atoms with Crippen LogP contribution >= 0.6 is 11.6 Å². The molecule has 0 radical (unpaired) electrons. The Morgan fingerprint density at radius 1 is 1.47 bits per heavy atom. The first-order valence-corrected chi connectivity index (χ1v) is 6.84. The summed E-state index contributed by atoms with van der Waals surface area (Å²) in [7, 11) is 0. The third-order valence-electron chi connectivity index (χ3n) is 3.47. The van der Waals surface area contributed by atoms with Gasteiger partial charge in [0.15, 0.2) is 5.75 Å². The van der Waals surface area contributed by atoms with E-state index < -0.39 is 5.97 Å². The highest BCUT2D eigenvalue weighted by Gasteiger charge is 2.24. The summed E-state index contributed by atoms with van der Waals surface area (Å²) in [5.41, 5.74) is 5.97. The van der Waals surface area contributed by atoms with Gasteiger partial charge in [0.1, 0.15) is 5.56 Å². The van der Waals surface area contributed by atoms with E-state index in [0.717, 1.165) is 19.3 Å². The van der Waals surface area contributed by atoms with Crippen LogP contribution in [0.2, 0.25) is 5.02 Å². The number of halogens is 1. The van der Waals surface area contributed by atoms with E-state index in [0.29, 0.717) is 11.6 Å². The maximum atomic E-state index is 11.2. The van der Waals surface area contributed by atoms with E-state index in [1.165, 1.54) is 18.6 Å². The van der Waals surface area contributed by atoms with E-state index in [4.69, 9.17) is 22.1 Å². The normalized spacial score (nSPS) is 23.1. The molecule has 1 aliphatic carbocycles. The minimum absolute atomic E-state index is 0.0305. The molecular weight excluding hydrogens is 266 g/mol. The molecule has 1 aromatic rings. The molecule has 1 fully saturated rings. The molecular formula is C14H18ClNO3. The van der Waals surface area contributed by atoms with Gasteiger partial charge in [-0.15, -0.1) is 0 Å². The lowest BCUT2D eigenvalue weighted by Crippen LogP contribution is -2.25. The SMILES string of the molecule is CC1CCCC(Oc2c(Cl)cc(N)cc2C(=O)O)C1. The standard InChI is InChI=1S/C14H18ClNO3/c1-8-3-2-4-10(5-8)19-13-11(14(17)18)6-9(16)7-12(13)15/h6-8,10H,2-5,16H2,1H3,(H,17,18). The third kappa shape index (κ3) is 3.32. The van der Waals surface area contributed by atoms with E-state index in [9.17, 15) is 9.90 Å². The molecule has 1 saturated carbocycles. The number of carboxylic acid groups (broad SMARTS) is 1. The summed E-state index contributed by atoms with van der Waals surface area (Å²) >= 11 is 6.07. The predicted molar refractivity (Wildman–Crippen MR) is 74.9 cm³/mol. The quantitative estimate of drug-likeness (QED) is 0.832. The van der Waals surface area contributed by atoms with Gasteiger partial charge >= 0.3 is 5.97 Å². The Balaban J connectivity index is 2.26. The summed E-state index contributed by atoms with van der Waals surface area (Å²) < 4.78 is 5.84. The van der Waals surface area contributed by atoms with E-state index in [2.05, 4.69) is 6.92 Å². The predicted octanol–water partition coefficient (Wildman–Crippen LogP) is 3.58. The van der Waals surface area contributed by atoms with Gasteiger partial charge in [-0.25, -0.2) is 4.79 Å². The Kier molecular flexibility index (Phi) is 4.20. The van der Waals surface area contributed by atoms with Gasteiger partial charge in [-0.3, -0.25) is 0 Å². The van der Waals surface area contributed by atoms with Crippen LogP contribution in [0, 0.1) is 5.92 Å². The van der Waals surface area contributed by atoms with Gasteiger partial charge in [-0.2, -0.15) is 0 Å². The first-order chi connectivity index (χ1) is 8.97. The summed E-state index contributed by atoms with van der Waals surface area (Å²) in [6, 6.07) is 2.91. The Bertz CT molecular complexity index is 490. The minimum atomic E-state index is -1.08. The first kappa shape index (κ1) is 14.0. The largest absolute Gasteiger partial charge is 0.488 e. The lowest BCUT2D eigenvalue weighted by atomic mass is 9.88. The number of hydrogen-bond donors (Lipinski definition) is 2. The van der Waals surface area contributed by atoms with Gasteiger partial charge in [0.25, 0.3) is 0 Å². The van der Waals surface area contributed by atoms with Gasteiger partial charge in [-0.05, 0) is 37.3 Å². The molecule has 3 N–H and O–H groups in total. The average Bonchev–Trinajstić information content (AvgIpc) is 2.32. The smallest absolute Gasteiger partial charge is 0.339 e. The first-order valence-electron chi connectivity index (χ1n) is 6.46. The van der Waals surface area contributed by atoms with Crippen LogP contribution in [-0.4, -0.2) is 17.2 Å². The minimum Gasteiger partial charge on any atom is -0.488 e. The molecule has 2 atom stereocenters. The topological polar surface area (TPSA) is 72.5 Å². The zero-order valence-corrected chi connectivity index (χ0v) is 11.6. The van der Waals surface area contributed by atoms with Gasteiger partial charge in [0.2, 0.25) is 0 Å². The van der Waals surface area contributed by atoms with Gasteiger partial charge in [0, 0.05) is 5.69 Å². The molecule has 0 spiro atoms. The van der Waals surface area contributed by atoms with Gasteiger partial charge in [-0.1, -0.05) is 24.9 Å². The molecule has 1 aromatic carbocycles. The number of carboxylic acids is 1. The van der Waals surface area contributed by atoms with Crippen molar-refractivity contribution >= 4 is 23.3 Å². The highest BCUT2D eigenvalue weighted by molar-refractivity contribution is 6.33. The molecule has 0 bridgehead atoms. The molecule has 2 unspecified atom stereocenters. The lowest BCUT2D eigenvalue weighted by molar-refractivity contribution is 0.0683. The fourth-order valence-corrected chi connectivity index (χ4v) is 2.82. The average molecular weight is 284 g/mol. The van der Waals surface area contributed by atoms with Crippen LogP contribution in [0.1, 0.15) is 43.0 Å². The molecule has 0 amide bonds. The van der Waals surface area contributed by atoms with Crippen molar-refractivity contribution in [2.24, 2.45) is 5.92 Å². The van der Waals surface area contributed by atoms with E-state index >= 15 is 0 Å². The number of rotatable bonds is 3. The number of carbonyl (C=O) groups is 1. The van der Waals surface area contributed by atoms with Crippen molar-refractivity contribution in [3.05, 3.63) is 22.7 Å². The summed E-state index contributed by atoms with van der Waals surface area (Å²) in [6.07, 6.45) is 4.19. The zero-order chi connectivity index (χ0) is 14.0. The Morgan fingerprint density at radius 2 is 2.21 bits per heavy atom. The molecule has 2 rings (SSSR count). The van der Waals surface area contributed by atoms with Crippen LogP contribution in [0.15, 0.2) is 12.1 Å². The summed E-state index contributed by atoms with van der Waals surface area (Å²) in [4.78, 5) is 11.2. The van der Waals surface area contributed by atoms with Crippen LogP contribution in [0.3, 0.4) is 0 Å². The number of nitrogens with two attached hydrogens (primary N) is 1. The van der Waals surface area contributed by atoms with E-state index in [1.807, 2.05) is 0 Å². The molecule has 19 heavy (non-hydrogen) atoms. The molecule has 0 saturated heterocycles. The second-order valence-electron chi connectivity index (χ2n) is 5.20. The van der Waals surface area contributed by atoms with Crippen molar-refractivity contribution in [1.82, 2.24) is 0 Å². The number of anilines is 1. The monoisotopic (exact) mass is 283 g/mol. The van der Waals surface area contributed by atoms with Crippen LogP contribution in [0.5, 0.6) is 5.75 Å². The van der Waals surface area contributed by atoms with E-state index in [-0.39, 0.29) is 22.4 Å². The maximum Gasteiger partial charge on any atom is 0.339 e. The van der Waals surface area contributed by atoms with Gasteiger partial charge < -0.3 is 15.6 Å². The van der Waals surface area contributed by atoms with E-state index in [1.54, 1.807) is 0 Å². The van der Waals surface area contributed by atoms with Crippen molar-refractivity contribution in [1.29, 1.82) is 0 Å². The second kappa shape index (κ2) is 5.70. The summed E-state index contributed by atoms with van der Waals surface area (Å²) in [5.74, 6) is -0.241. The lowest BCUT2D eigenvalue weighted by Gasteiger charge is -2.28. The summed E-state index contributed by atoms with van der Waals surface area (Å²) in [5, 5.41) is 9.46. The Labute approximate surface area is 117 Å². The van der Waals surface area contributed by atoms with Crippen LogP contribution < -0.4 is 10.5 Å². The molecule has 0 heterocycles. The molecule has 1 aliphatic rings. The third-order valence-corrected chi connectivity index (χ3v) is 3.75.